The van der Waals surface area contributed by atoms with Gasteiger partial charge in [-0.25, -0.2) is 4.90 Å². The molecular formula is C32H21ClN4O7S2. The standard InChI is InChI=1S/C32H21ClN4O7S2/c33-18-6-12-23(44-15-24(38)34-19-7-5-16-3-1-2-4-17(16)13-19)22(14-18)25-26-28(45-29-27(25)46-32(41)35-29)31(40)36(30(26)39)20-8-10-21(11-9-20)37(42)43/h1-14,25-26,28H,15H2,(H,34,38)(H,35,41)/t25-,26-,28+/m0/s1. The Morgan fingerprint density at radius 2 is 1.74 bits per heavy atom. The van der Waals surface area contributed by atoms with Crippen molar-refractivity contribution in [3.8, 4) is 5.75 Å². The van der Waals surface area contributed by atoms with E-state index in [0.29, 0.717) is 26.2 Å². The minimum Gasteiger partial charge on any atom is -0.483 e. The lowest BCUT2D eigenvalue weighted by Gasteiger charge is -2.31. The number of aromatic amines is 1. The third-order valence-corrected chi connectivity index (χ3v) is 10.5. The van der Waals surface area contributed by atoms with Gasteiger partial charge in [-0.1, -0.05) is 65.0 Å². The smallest absolute Gasteiger partial charge is 0.305 e. The maximum Gasteiger partial charge on any atom is 0.305 e. The highest BCUT2D eigenvalue weighted by Gasteiger charge is 2.57. The topological polar surface area (TPSA) is 152 Å². The molecule has 11 nitrogen and oxygen atoms in total. The number of thioether (sulfide) groups is 1. The molecule has 0 aliphatic carbocycles. The van der Waals surface area contributed by atoms with Gasteiger partial charge in [0.15, 0.2) is 6.61 Å². The molecule has 0 radical (unpaired) electrons. The van der Waals surface area contributed by atoms with Crippen molar-refractivity contribution in [3.63, 3.8) is 0 Å². The number of non-ortho nitro benzene ring substituents is 1. The third kappa shape index (κ3) is 5.31. The fourth-order valence-corrected chi connectivity index (χ4v) is 8.52. The molecular weight excluding hydrogens is 652 g/mol. The summed E-state index contributed by atoms with van der Waals surface area (Å²) < 4.78 is 6.01. The predicted molar refractivity (Wildman–Crippen MR) is 175 cm³/mol. The number of ether oxygens (including phenoxy) is 1. The Labute approximate surface area is 273 Å². The van der Waals surface area contributed by atoms with Crippen molar-refractivity contribution in [1.29, 1.82) is 0 Å². The molecule has 5 aromatic rings. The Kier molecular flexibility index (Phi) is 7.59. The van der Waals surface area contributed by atoms with Gasteiger partial charge in [-0.3, -0.25) is 29.3 Å². The number of carbonyl (C=O) groups excluding carboxylic acids is 3. The second kappa shape index (κ2) is 11.7. The molecule has 46 heavy (non-hydrogen) atoms. The molecule has 7 rings (SSSR count). The lowest BCUT2D eigenvalue weighted by atomic mass is 9.82. The first-order chi connectivity index (χ1) is 22.2. The number of nitrogens with zero attached hydrogens (tertiary/aromatic N) is 2. The summed E-state index contributed by atoms with van der Waals surface area (Å²) in [6, 6.07) is 23.2. The van der Waals surface area contributed by atoms with Gasteiger partial charge in [-0.2, -0.15) is 0 Å². The zero-order chi connectivity index (χ0) is 32.1. The molecule has 14 heteroatoms. The first-order valence-corrected chi connectivity index (χ1v) is 16.0. The van der Waals surface area contributed by atoms with Crippen molar-refractivity contribution in [1.82, 2.24) is 4.98 Å². The number of nitro groups is 1. The van der Waals surface area contributed by atoms with Crippen molar-refractivity contribution >= 4 is 80.3 Å². The average Bonchev–Trinajstić information content (AvgIpc) is 3.54. The van der Waals surface area contributed by atoms with Crippen LogP contribution in [0.25, 0.3) is 10.8 Å². The Morgan fingerprint density at radius 3 is 2.50 bits per heavy atom. The number of imide groups is 1. The Hall–Kier alpha value is -4.98. The fraction of sp³-hybridized carbons (Fsp3) is 0.125. The van der Waals surface area contributed by atoms with Crippen molar-refractivity contribution < 1.29 is 24.0 Å². The number of nitrogens with one attached hydrogen (secondary N) is 2. The van der Waals surface area contributed by atoms with Crippen LogP contribution in [0.1, 0.15) is 16.4 Å². The summed E-state index contributed by atoms with van der Waals surface area (Å²) in [5.41, 5.74) is 1.04. The predicted octanol–water partition coefficient (Wildman–Crippen LogP) is 5.96. The molecule has 3 atom stereocenters. The van der Waals surface area contributed by atoms with Gasteiger partial charge in [0.25, 0.3) is 11.6 Å². The lowest BCUT2D eigenvalue weighted by Crippen LogP contribution is -2.32. The average molecular weight is 673 g/mol. The molecule has 1 aromatic heterocycles. The highest BCUT2D eigenvalue weighted by Crippen LogP contribution is 2.54. The minimum atomic E-state index is -0.959. The van der Waals surface area contributed by atoms with Gasteiger partial charge in [0.1, 0.15) is 11.0 Å². The van der Waals surface area contributed by atoms with E-state index in [1.54, 1.807) is 24.3 Å². The summed E-state index contributed by atoms with van der Waals surface area (Å²) in [5, 5.41) is 15.9. The van der Waals surface area contributed by atoms with E-state index in [9.17, 15) is 29.3 Å². The first kappa shape index (κ1) is 29.7. The van der Waals surface area contributed by atoms with E-state index in [1.165, 1.54) is 24.3 Å². The normalized spacial score (nSPS) is 18.7. The van der Waals surface area contributed by atoms with E-state index in [4.69, 9.17) is 16.3 Å². The van der Waals surface area contributed by atoms with Crippen LogP contribution >= 0.6 is 34.7 Å². The van der Waals surface area contributed by atoms with E-state index >= 15 is 0 Å². The highest BCUT2D eigenvalue weighted by atomic mass is 35.5. The van der Waals surface area contributed by atoms with Gasteiger partial charge in [0.05, 0.1) is 21.6 Å². The quantitative estimate of drug-likeness (QED) is 0.122. The van der Waals surface area contributed by atoms with Crippen LogP contribution in [0.3, 0.4) is 0 Å². The van der Waals surface area contributed by atoms with E-state index in [1.807, 2.05) is 36.4 Å². The highest BCUT2D eigenvalue weighted by molar-refractivity contribution is 8.00. The molecule has 0 saturated carbocycles. The summed E-state index contributed by atoms with van der Waals surface area (Å²) in [6.07, 6.45) is 0. The molecule has 0 spiro atoms. The third-order valence-electron chi connectivity index (χ3n) is 7.84. The van der Waals surface area contributed by atoms with Crippen molar-refractivity contribution in [2.24, 2.45) is 5.92 Å². The minimum absolute atomic E-state index is 0.183. The Bertz CT molecular complexity index is 2130. The second-order valence-corrected chi connectivity index (χ2v) is 13.2. The van der Waals surface area contributed by atoms with Crippen LogP contribution in [0.15, 0.2) is 94.7 Å². The molecule has 0 bridgehead atoms. The number of fused-ring (bicyclic) bond motifs is 3. The number of thiazole rings is 1. The van der Waals surface area contributed by atoms with Gasteiger partial charge < -0.3 is 15.0 Å². The number of aromatic nitrogens is 1. The maximum atomic E-state index is 14.1. The molecule has 4 aromatic carbocycles. The van der Waals surface area contributed by atoms with Gasteiger partial charge in [-0.05, 0) is 53.2 Å². The number of benzene rings is 4. The summed E-state index contributed by atoms with van der Waals surface area (Å²) >= 11 is 8.45. The monoisotopic (exact) mass is 672 g/mol. The van der Waals surface area contributed by atoms with Crippen LogP contribution < -0.4 is 19.8 Å². The number of rotatable bonds is 7. The number of amides is 3. The maximum absolute atomic E-state index is 14.1. The Morgan fingerprint density at radius 1 is 0.978 bits per heavy atom. The van der Waals surface area contributed by atoms with Crippen LogP contribution in [0.5, 0.6) is 5.75 Å². The second-order valence-electron chi connectivity index (χ2n) is 10.6. The molecule has 2 N–H and O–H groups in total. The van der Waals surface area contributed by atoms with E-state index in [2.05, 4.69) is 10.3 Å². The van der Waals surface area contributed by atoms with Gasteiger partial charge >= 0.3 is 4.87 Å². The van der Waals surface area contributed by atoms with E-state index in [-0.39, 0.29) is 28.6 Å². The number of hydrogen-bond donors (Lipinski definition) is 2. The van der Waals surface area contributed by atoms with E-state index < -0.39 is 39.7 Å². The Balaban J connectivity index is 1.21. The van der Waals surface area contributed by atoms with Crippen molar-refractivity contribution in [2.75, 3.05) is 16.8 Å². The number of halogens is 1. The lowest BCUT2D eigenvalue weighted by molar-refractivity contribution is -0.384. The van der Waals surface area contributed by atoms with Crippen LogP contribution in [0, 0.1) is 16.0 Å². The first-order valence-electron chi connectivity index (χ1n) is 13.9. The largest absolute Gasteiger partial charge is 0.483 e. The summed E-state index contributed by atoms with van der Waals surface area (Å²) in [5.74, 6) is -2.99. The SMILES string of the molecule is O=C(COc1ccc(Cl)cc1[C@@H]1c2sc(=O)[nH]c2S[C@H]2C(=O)N(c3ccc([N+](=O)[O-])cc3)C(=O)[C@@H]12)Nc1ccc2ccccc2c1. The van der Waals surface area contributed by atoms with Gasteiger partial charge in [0, 0.05) is 39.2 Å². The summed E-state index contributed by atoms with van der Waals surface area (Å²) in [7, 11) is 0. The number of H-pyrrole nitrogens is 1. The number of anilines is 2. The molecule has 3 amide bonds. The van der Waals surface area contributed by atoms with Crippen LogP contribution in [-0.2, 0) is 14.4 Å². The van der Waals surface area contributed by atoms with E-state index in [0.717, 1.165) is 38.8 Å². The van der Waals surface area contributed by atoms with Crippen molar-refractivity contribution in [2.45, 2.75) is 16.2 Å². The molecule has 0 unspecified atom stereocenters. The van der Waals surface area contributed by atoms with Crippen LogP contribution in [-0.4, -0.2) is 39.5 Å². The zero-order valence-electron chi connectivity index (χ0n) is 23.5. The molecule has 2 aliphatic heterocycles. The van der Waals surface area contributed by atoms with Gasteiger partial charge in [0.2, 0.25) is 11.8 Å². The summed E-state index contributed by atoms with van der Waals surface area (Å²) in [6.45, 7) is -0.366. The zero-order valence-corrected chi connectivity index (χ0v) is 25.9. The molecule has 2 aliphatic rings. The molecule has 1 saturated heterocycles. The molecule has 3 heterocycles. The summed E-state index contributed by atoms with van der Waals surface area (Å²) in [4.78, 5) is 67.9. The van der Waals surface area contributed by atoms with Crippen LogP contribution in [0.4, 0.5) is 17.1 Å². The number of nitro benzene ring substituents is 1. The number of hydrogen-bond acceptors (Lipinski definition) is 9. The molecule has 1 fully saturated rings. The van der Waals surface area contributed by atoms with Crippen LogP contribution in [0.2, 0.25) is 5.02 Å². The number of carbonyl (C=O) groups is 3. The van der Waals surface area contributed by atoms with Gasteiger partial charge in [-0.15, -0.1) is 0 Å². The fourth-order valence-electron chi connectivity index (χ4n) is 5.83. The molecule has 230 valence electrons. The van der Waals surface area contributed by atoms with Crippen molar-refractivity contribution in [3.05, 3.63) is 120 Å².